The van der Waals surface area contributed by atoms with E-state index in [1.165, 1.54) is 0 Å². The summed E-state index contributed by atoms with van der Waals surface area (Å²) >= 11 is 0. The molecule has 1 N–H and O–H groups in total. The van der Waals surface area contributed by atoms with Gasteiger partial charge in [-0.2, -0.15) is 0 Å². The smallest absolute Gasteiger partial charge is 0.139 e. The van der Waals surface area contributed by atoms with Gasteiger partial charge in [0.2, 0.25) is 0 Å². The zero-order valence-corrected chi connectivity index (χ0v) is 14.8. The van der Waals surface area contributed by atoms with Crippen molar-refractivity contribution in [1.82, 2.24) is 19.9 Å². The highest BCUT2D eigenvalue weighted by Gasteiger charge is 2.34. The Labute approximate surface area is 149 Å². The molecule has 2 aliphatic rings. The van der Waals surface area contributed by atoms with Crippen molar-refractivity contribution in [3.8, 4) is 0 Å². The first-order valence-electron chi connectivity index (χ1n) is 9.40. The summed E-state index contributed by atoms with van der Waals surface area (Å²) in [4.78, 5) is 11.4. The topological polar surface area (TPSA) is 55.2 Å². The quantitative estimate of drug-likeness (QED) is 0.905. The number of hydrogen-bond acceptors (Lipinski definition) is 5. The number of hydrogen-bond donors (Lipinski definition) is 1. The molecule has 0 spiro atoms. The van der Waals surface area contributed by atoms with E-state index >= 15 is 0 Å². The van der Waals surface area contributed by atoms with Crippen molar-refractivity contribution in [3.63, 3.8) is 0 Å². The number of anilines is 1. The normalized spacial score (nSPS) is 24.8. The summed E-state index contributed by atoms with van der Waals surface area (Å²) in [6.45, 7) is 6.00. The first-order chi connectivity index (χ1) is 12.3. The van der Waals surface area contributed by atoms with Crippen molar-refractivity contribution in [2.75, 3.05) is 24.6 Å². The molecule has 2 fully saturated rings. The summed E-state index contributed by atoms with van der Waals surface area (Å²) < 4.78 is 8.21. The van der Waals surface area contributed by atoms with Crippen LogP contribution in [0.1, 0.15) is 38.1 Å². The van der Waals surface area contributed by atoms with Gasteiger partial charge >= 0.3 is 0 Å². The first-order valence-corrected chi connectivity index (χ1v) is 9.40. The molecule has 0 aromatic carbocycles. The average Bonchev–Trinajstić information content (AvgIpc) is 3.31. The van der Waals surface area contributed by atoms with E-state index in [0.29, 0.717) is 12.1 Å². The van der Waals surface area contributed by atoms with E-state index in [2.05, 4.69) is 43.8 Å². The number of nitrogens with zero attached hydrogens (tertiary/aromatic N) is 4. The zero-order chi connectivity index (χ0) is 17.1. The van der Waals surface area contributed by atoms with Crippen LogP contribution in [-0.2, 0) is 11.3 Å². The Balaban J connectivity index is 1.35. The number of aryl methyl sites for hydroxylation is 1. The maximum Gasteiger partial charge on any atom is 0.139 e. The molecule has 2 aliphatic heterocycles. The second-order valence-corrected chi connectivity index (χ2v) is 6.87. The van der Waals surface area contributed by atoms with Gasteiger partial charge in [-0.25, -0.2) is 9.97 Å². The van der Waals surface area contributed by atoms with Crippen LogP contribution in [0.25, 0.3) is 0 Å². The van der Waals surface area contributed by atoms with E-state index < -0.39 is 0 Å². The first kappa shape index (κ1) is 16.5. The lowest BCUT2D eigenvalue weighted by Crippen LogP contribution is -2.47. The Hall–Kier alpha value is -1.92. The third kappa shape index (κ3) is 3.55. The highest BCUT2D eigenvalue weighted by Crippen LogP contribution is 2.29. The molecule has 2 aromatic heterocycles. The number of ether oxygens (including phenoxy) is 1. The number of pyridine rings is 1. The zero-order valence-electron chi connectivity index (χ0n) is 14.8. The van der Waals surface area contributed by atoms with Gasteiger partial charge in [0.05, 0.1) is 0 Å². The molecule has 2 saturated heterocycles. The largest absolute Gasteiger partial charge is 0.369 e. The van der Waals surface area contributed by atoms with Crippen LogP contribution < -0.4 is 10.2 Å². The van der Waals surface area contributed by atoms with Crippen molar-refractivity contribution in [2.45, 2.75) is 50.9 Å². The fourth-order valence-corrected chi connectivity index (χ4v) is 3.98. The van der Waals surface area contributed by atoms with Crippen LogP contribution in [0.2, 0.25) is 0 Å². The van der Waals surface area contributed by atoms with Crippen molar-refractivity contribution in [1.29, 1.82) is 0 Å². The Morgan fingerprint density at radius 1 is 1.16 bits per heavy atom. The Morgan fingerprint density at radius 2 is 2.04 bits per heavy atom. The summed E-state index contributed by atoms with van der Waals surface area (Å²) in [5.74, 6) is 2.15. The van der Waals surface area contributed by atoms with E-state index in [0.717, 1.165) is 57.1 Å². The third-order valence-electron chi connectivity index (χ3n) is 5.35. The van der Waals surface area contributed by atoms with Crippen LogP contribution in [0, 0.1) is 0 Å². The van der Waals surface area contributed by atoms with Gasteiger partial charge in [-0.3, -0.25) is 0 Å². The predicted molar refractivity (Wildman–Crippen MR) is 97.6 cm³/mol. The number of rotatable bonds is 5. The maximum absolute atomic E-state index is 6.02. The van der Waals surface area contributed by atoms with Gasteiger partial charge in [0.1, 0.15) is 17.7 Å². The second-order valence-electron chi connectivity index (χ2n) is 6.87. The van der Waals surface area contributed by atoms with Gasteiger partial charge in [0, 0.05) is 56.9 Å². The third-order valence-corrected chi connectivity index (χ3v) is 5.35. The summed E-state index contributed by atoms with van der Waals surface area (Å²) in [6, 6.07) is 7.03. The van der Waals surface area contributed by atoms with Crippen LogP contribution in [0.4, 0.5) is 5.82 Å². The Kier molecular flexibility index (Phi) is 4.99. The van der Waals surface area contributed by atoms with Crippen molar-refractivity contribution >= 4 is 5.82 Å². The molecule has 0 aliphatic carbocycles. The molecule has 0 radical (unpaired) electrons. The van der Waals surface area contributed by atoms with Gasteiger partial charge in [0.15, 0.2) is 0 Å². The molecule has 6 nitrogen and oxygen atoms in total. The minimum absolute atomic E-state index is 0.0729. The molecule has 4 heterocycles. The van der Waals surface area contributed by atoms with Crippen molar-refractivity contribution in [3.05, 3.63) is 42.6 Å². The fraction of sp³-hybridized carbons (Fsp3) is 0.579. The highest BCUT2D eigenvalue weighted by atomic mass is 16.5. The number of piperidine rings is 1. The minimum atomic E-state index is 0.0729. The number of aromatic nitrogens is 3. The van der Waals surface area contributed by atoms with Gasteiger partial charge in [-0.15, -0.1) is 0 Å². The Morgan fingerprint density at radius 3 is 2.80 bits per heavy atom. The maximum atomic E-state index is 6.02. The molecular formula is C19H27N5O. The summed E-state index contributed by atoms with van der Waals surface area (Å²) in [7, 11) is 0. The predicted octanol–water partition coefficient (Wildman–Crippen LogP) is 2.39. The monoisotopic (exact) mass is 341 g/mol. The van der Waals surface area contributed by atoms with Crippen LogP contribution in [0.3, 0.4) is 0 Å². The second kappa shape index (κ2) is 7.54. The summed E-state index contributed by atoms with van der Waals surface area (Å²) in [5.41, 5.74) is 0. The van der Waals surface area contributed by atoms with E-state index in [4.69, 9.17) is 4.74 Å². The minimum Gasteiger partial charge on any atom is -0.369 e. The van der Waals surface area contributed by atoms with Gasteiger partial charge in [-0.05, 0) is 38.3 Å². The molecule has 6 heteroatoms. The van der Waals surface area contributed by atoms with Crippen LogP contribution in [0.15, 0.2) is 36.8 Å². The van der Waals surface area contributed by atoms with Crippen LogP contribution in [0.5, 0.6) is 0 Å². The van der Waals surface area contributed by atoms with Crippen LogP contribution >= 0.6 is 0 Å². The fourth-order valence-electron chi connectivity index (χ4n) is 3.98. The number of nitrogens with one attached hydrogen (secondary N) is 1. The summed E-state index contributed by atoms with van der Waals surface area (Å²) in [5, 5.41) is 3.85. The molecule has 0 saturated carbocycles. The molecule has 0 bridgehead atoms. The molecule has 0 unspecified atom stereocenters. The molecule has 134 valence electrons. The van der Waals surface area contributed by atoms with Gasteiger partial charge < -0.3 is 19.5 Å². The average molecular weight is 341 g/mol. The standard InChI is InChI=1S/C19H27N5O/c1-2-23-13-10-21-19(23)18-16(8-14-25-18)22-15-6-11-24(12-7-15)17-5-3-4-9-20-17/h3-5,9-10,13,15-16,18,22H,2,6-8,11-12,14H2,1H3/t16-,18-/m0/s1. The molecule has 0 amide bonds. The molecule has 2 atom stereocenters. The Bertz CT molecular complexity index is 665. The van der Waals surface area contributed by atoms with Gasteiger partial charge in [0.25, 0.3) is 0 Å². The van der Waals surface area contributed by atoms with Crippen molar-refractivity contribution in [2.24, 2.45) is 0 Å². The molecule has 4 rings (SSSR count). The van der Waals surface area contributed by atoms with E-state index in [9.17, 15) is 0 Å². The van der Waals surface area contributed by atoms with Crippen molar-refractivity contribution < 1.29 is 4.74 Å². The van der Waals surface area contributed by atoms with Gasteiger partial charge in [-0.1, -0.05) is 6.07 Å². The SMILES string of the molecule is CCn1ccnc1[C@H]1OCC[C@@H]1NC1CCN(c2ccccn2)CC1. The van der Waals surface area contributed by atoms with E-state index in [-0.39, 0.29) is 6.10 Å². The van der Waals surface area contributed by atoms with E-state index in [1.54, 1.807) is 0 Å². The number of imidazole rings is 1. The lowest BCUT2D eigenvalue weighted by Gasteiger charge is -2.35. The lowest BCUT2D eigenvalue weighted by molar-refractivity contribution is 0.0856. The summed E-state index contributed by atoms with van der Waals surface area (Å²) in [6.07, 6.45) is 9.20. The molecule has 2 aromatic rings. The molecular weight excluding hydrogens is 314 g/mol. The lowest BCUT2D eigenvalue weighted by atomic mass is 10.0. The molecule has 25 heavy (non-hydrogen) atoms. The van der Waals surface area contributed by atoms with Crippen LogP contribution in [-0.4, -0.2) is 46.3 Å². The van der Waals surface area contributed by atoms with E-state index in [1.807, 2.05) is 24.7 Å². The highest BCUT2D eigenvalue weighted by molar-refractivity contribution is 5.38.